The van der Waals surface area contributed by atoms with Crippen LogP contribution in [0.4, 0.5) is 10.1 Å². The average Bonchev–Trinajstić information content (AvgIpc) is 3.35. The molecule has 0 radical (unpaired) electrons. The summed E-state index contributed by atoms with van der Waals surface area (Å²) in [4.78, 5) is 1.74. The van der Waals surface area contributed by atoms with Gasteiger partial charge in [0.2, 0.25) is 0 Å². The molecule has 1 unspecified atom stereocenters. The first-order valence-corrected chi connectivity index (χ1v) is 12.0. The minimum atomic E-state index is -3.83. The Balaban J connectivity index is 1.56. The molecular formula is C19H21ClFN5O3S2. The maximum Gasteiger partial charge on any atom is 0.280 e. The highest BCUT2D eigenvalue weighted by Gasteiger charge is 2.41. The van der Waals surface area contributed by atoms with Crippen LogP contribution in [-0.4, -0.2) is 46.9 Å². The average molecular weight is 486 g/mol. The number of aliphatic hydroxyl groups is 1. The summed E-state index contributed by atoms with van der Waals surface area (Å²) in [5.41, 5.74) is 1.19. The van der Waals surface area contributed by atoms with Gasteiger partial charge in [0.05, 0.1) is 22.0 Å². The van der Waals surface area contributed by atoms with E-state index in [2.05, 4.69) is 15.1 Å². The van der Waals surface area contributed by atoms with Crippen molar-refractivity contribution in [2.24, 2.45) is 7.05 Å². The van der Waals surface area contributed by atoms with Crippen LogP contribution in [0, 0.1) is 5.82 Å². The molecule has 3 aromatic rings. The minimum Gasteiger partial charge on any atom is -0.372 e. The molecular weight excluding hydrogens is 465 g/mol. The Bertz CT molecular complexity index is 1200. The first-order valence-electron chi connectivity index (χ1n) is 9.39. The number of likely N-dealkylation sites (N-methyl/N-ethyl adjacent to an activating group) is 1. The zero-order valence-corrected chi connectivity index (χ0v) is 19.0. The van der Waals surface area contributed by atoms with Gasteiger partial charge in [0, 0.05) is 30.9 Å². The van der Waals surface area contributed by atoms with E-state index in [4.69, 9.17) is 11.6 Å². The van der Waals surface area contributed by atoms with Crippen molar-refractivity contribution in [3.8, 4) is 10.6 Å². The van der Waals surface area contributed by atoms with E-state index < -0.39 is 34.3 Å². The summed E-state index contributed by atoms with van der Waals surface area (Å²) in [5, 5.41) is 17.8. The molecule has 0 saturated carbocycles. The van der Waals surface area contributed by atoms with Crippen molar-refractivity contribution in [1.82, 2.24) is 18.8 Å². The van der Waals surface area contributed by atoms with Gasteiger partial charge in [-0.2, -0.15) is 22.5 Å². The second-order valence-corrected chi connectivity index (χ2v) is 10.6. The second kappa shape index (κ2) is 8.49. The highest BCUT2D eigenvalue weighted by Crippen LogP contribution is 2.36. The lowest BCUT2D eigenvalue weighted by molar-refractivity contribution is 0.102. The molecule has 0 aliphatic carbocycles. The molecule has 1 aliphatic rings. The summed E-state index contributed by atoms with van der Waals surface area (Å²) in [7, 11) is -0.595. The van der Waals surface area contributed by atoms with Gasteiger partial charge in [-0.1, -0.05) is 11.6 Å². The number of nitrogens with one attached hydrogen (secondary N) is 2. The summed E-state index contributed by atoms with van der Waals surface area (Å²) < 4.78 is 44.3. The summed E-state index contributed by atoms with van der Waals surface area (Å²) in [5.74, 6) is -0.579. The number of rotatable bonds is 5. The monoisotopic (exact) mass is 485 g/mol. The fourth-order valence-electron chi connectivity index (χ4n) is 3.46. The predicted molar refractivity (Wildman–Crippen MR) is 119 cm³/mol. The molecule has 3 heterocycles. The Morgan fingerprint density at radius 2 is 2.10 bits per heavy atom. The van der Waals surface area contributed by atoms with Gasteiger partial charge >= 0.3 is 0 Å². The highest BCUT2D eigenvalue weighted by atomic mass is 35.5. The van der Waals surface area contributed by atoms with Gasteiger partial charge in [-0.15, -0.1) is 11.3 Å². The number of nitrogens with zero attached hydrogens (tertiary/aromatic N) is 3. The molecule has 0 amide bonds. The van der Waals surface area contributed by atoms with Gasteiger partial charge in [-0.25, -0.2) is 4.39 Å². The number of thiophene rings is 1. The zero-order valence-electron chi connectivity index (χ0n) is 16.7. The molecule has 31 heavy (non-hydrogen) atoms. The van der Waals surface area contributed by atoms with Crippen molar-refractivity contribution in [2.45, 2.75) is 24.7 Å². The Hall–Kier alpha value is -2.02. The van der Waals surface area contributed by atoms with Crippen molar-refractivity contribution in [1.29, 1.82) is 0 Å². The van der Waals surface area contributed by atoms with Gasteiger partial charge in [-0.3, -0.25) is 4.68 Å². The molecule has 4 rings (SSSR count). The molecule has 1 saturated heterocycles. The van der Waals surface area contributed by atoms with Gasteiger partial charge in [0.25, 0.3) is 10.2 Å². The van der Waals surface area contributed by atoms with Crippen LogP contribution in [0.5, 0.6) is 0 Å². The number of hydrogen-bond acceptors (Lipinski definition) is 6. The van der Waals surface area contributed by atoms with Crippen molar-refractivity contribution < 1.29 is 17.9 Å². The second-order valence-electron chi connectivity index (χ2n) is 7.29. The van der Waals surface area contributed by atoms with E-state index in [1.165, 1.54) is 36.6 Å². The number of benzene rings is 1. The third kappa shape index (κ3) is 4.61. The van der Waals surface area contributed by atoms with Crippen molar-refractivity contribution in [2.75, 3.05) is 12.4 Å². The zero-order chi connectivity index (χ0) is 22.3. The van der Waals surface area contributed by atoms with Gasteiger partial charge in [0.15, 0.2) is 0 Å². The molecule has 3 N–H and O–H groups in total. The van der Waals surface area contributed by atoms with Crippen LogP contribution in [0.15, 0.2) is 42.6 Å². The van der Waals surface area contributed by atoms with Crippen LogP contribution in [0.1, 0.15) is 17.3 Å². The topological polar surface area (TPSA) is 99.5 Å². The molecule has 3 atom stereocenters. The van der Waals surface area contributed by atoms with E-state index in [1.54, 1.807) is 4.68 Å². The van der Waals surface area contributed by atoms with Crippen LogP contribution in [0.3, 0.4) is 0 Å². The largest absolute Gasteiger partial charge is 0.372 e. The number of aryl methyl sites for hydroxylation is 1. The van der Waals surface area contributed by atoms with Crippen LogP contribution < -0.4 is 10.0 Å². The first-order chi connectivity index (χ1) is 14.6. The quantitative estimate of drug-likeness (QED) is 0.482. The fourth-order valence-corrected chi connectivity index (χ4v) is 6.06. The summed E-state index contributed by atoms with van der Waals surface area (Å²) in [6.45, 7) is 0. The van der Waals surface area contributed by atoms with E-state index >= 15 is 0 Å². The standard InChI is InChI=1S/C19H21ClFN5O3S2/c1-25-8-7-14(23-25)17-5-6-18(30-17)15-10-16(26(2)31(28,29)24-15)19(27)22-11-3-4-13(21)12(20)9-11/h3-9,15-16,19,22,24,27H,10H2,1-2H3/t15-,16+,19?/m0/s1. The van der Waals surface area contributed by atoms with E-state index in [-0.39, 0.29) is 5.02 Å². The lowest BCUT2D eigenvalue weighted by Crippen LogP contribution is -2.57. The fraction of sp³-hybridized carbons (Fsp3) is 0.316. The van der Waals surface area contributed by atoms with E-state index in [1.807, 2.05) is 31.4 Å². The van der Waals surface area contributed by atoms with Gasteiger partial charge in [0.1, 0.15) is 17.7 Å². The molecule has 12 heteroatoms. The minimum absolute atomic E-state index is 0.0954. The van der Waals surface area contributed by atoms with E-state index in [0.717, 1.165) is 19.8 Å². The van der Waals surface area contributed by atoms with Crippen LogP contribution >= 0.6 is 22.9 Å². The van der Waals surface area contributed by atoms with Gasteiger partial charge < -0.3 is 10.4 Å². The SMILES string of the molecule is CN1[C@@H](C(O)Nc2ccc(F)c(Cl)c2)C[C@@H](c2ccc(-c3ccn(C)n3)s2)NS1(=O)=O. The van der Waals surface area contributed by atoms with E-state index in [0.29, 0.717) is 12.1 Å². The predicted octanol–water partition coefficient (Wildman–Crippen LogP) is 2.95. The summed E-state index contributed by atoms with van der Waals surface area (Å²) in [6.07, 6.45) is 0.925. The van der Waals surface area contributed by atoms with E-state index in [9.17, 15) is 17.9 Å². The molecule has 1 fully saturated rings. The normalized spacial score (nSPS) is 22.4. The molecule has 0 spiro atoms. The molecule has 1 aromatic carbocycles. The Kier molecular flexibility index (Phi) is 6.08. The number of hydrogen-bond donors (Lipinski definition) is 3. The van der Waals surface area contributed by atoms with Crippen molar-refractivity contribution in [3.05, 3.63) is 58.3 Å². The lowest BCUT2D eigenvalue weighted by Gasteiger charge is -2.39. The number of aromatic nitrogens is 2. The Morgan fingerprint density at radius 3 is 2.77 bits per heavy atom. The number of anilines is 1. The van der Waals surface area contributed by atoms with Crippen molar-refractivity contribution >= 4 is 38.8 Å². The molecule has 8 nitrogen and oxygen atoms in total. The lowest BCUT2D eigenvalue weighted by atomic mass is 10.0. The highest BCUT2D eigenvalue weighted by molar-refractivity contribution is 7.87. The summed E-state index contributed by atoms with van der Waals surface area (Å²) >= 11 is 7.24. The number of aliphatic hydroxyl groups excluding tert-OH is 1. The van der Waals surface area contributed by atoms with Crippen molar-refractivity contribution in [3.63, 3.8) is 0 Å². The Morgan fingerprint density at radius 1 is 1.32 bits per heavy atom. The third-order valence-corrected chi connectivity index (χ3v) is 8.27. The maximum atomic E-state index is 13.4. The molecule has 2 aromatic heterocycles. The summed E-state index contributed by atoms with van der Waals surface area (Å²) in [6, 6.07) is 8.32. The van der Waals surface area contributed by atoms with Crippen LogP contribution in [0.25, 0.3) is 10.6 Å². The van der Waals surface area contributed by atoms with Gasteiger partial charge in [-0.05, 0) is 42.8 Å². The Labute approximate surface area is 188 Å². The molecule has 166 valence electrons. The first kappa shape index (κ1) is 22.2. The van der Waals surface area contributed by atoms with Crippen LogP contribution in [0.2, 0.25) is 5.02 Å². The molecule has 1 aliphatic heterocycles. The maximum absolute atomic E-state index is 13.4. The smallest absolute Gasteiger partial charge is 0.280 e. The third-order valence-electron chi connectivity index (χ3n) is 5.15. The number of halogens is 2. The molecule has 0 bridgehead atoms. The van der Waals surface area contributed by atoms with Crippen LogP contribution in [-0.2, 0) is 17.3 Å².